The highest BCUT2D eigenvalue weighted by atomic mass is 16.6. The van der Waals surface area contributed by atoms with Crippen molar-refractivity contribution in [2.45, 2.75) is 105 Å². The van der Waals surface area contributed by atoms with Crippen LogP contribution >= 0.6 is 0 Å². The maximum absolute atomic E-state index is 14.2. The number of ether oxygens (including phenoxy) is 1. The molecule has 3 amide bonds. The highest BCUT2D eigenvalue weighted by Gasteiger charge is 2.45. The van der Waals surface area contributed by atoms with Crippen molar-refractivity contribution < 1.29 is 24.2 Å². The van der Waals surface area contributed by atoms with Crippen molar-refractivity contribution in [3.05, 3.63) is 47.5 Å². The van der Waals surface area contributed by atoms with Crippen LogP contribution in [0.3, 0.4) is 0 Å². The second-order valence-electron chi connectivity index (χ2n) is 13.7. The van der Waals surface area contributed by atoms with E-state index in [1.807, 2.05) is 91.8 Å². The average molecular weight is 560 g/mol. The first-order chi connectivity index (χ1) is 18.1. The molecule has 226 valence electrons. The summed E-state index contributed by atoms with van der Waals surface area (Å²) in [6.07, 6.45) is 1.26. The van der Waals surface area contributed by atoms with Crippen LogP contribution < -0.4 is 5.32 Å². The van der Waals surface area contributed by atoms with Gasteiger partial charge in [0.2, 0.25) is 11.8 Å². The molecular formula is C32H53N3O5. The number of carbonyl (C=O) groups is 3. The van der Waals surface area contributed by atoms with E-state index in [9.17, 15) is 19.5 Å². The van der Waals surface area contributed by atoms with Gasteiger partial charge in [0.05, 0.1) is 12.6 Å². The Labute approximate surface area is 242 Å². The number of aliphatic hydroxyl groups is 1. The van der Waals surface area contributed by atoms with Crippen LogP contribution in [0.1, 0.15) is 81.7 Å². The Morgan fingerprint density at radius 1 is 0.950 bits per heavy atom. The third-order valence-corrected chi connectivity index (χ3v) is 7.10. The van der Waals surface area contributed by atoms with Gasteiger partial charge >= 0.3 is 6.09 Å². The van der Waals surface area contributed by atoms with Crippen molar-refractivity contribution in [1.29, 1.82) is 0 Å². The zero-order valence-electron chi connectivity index (χ0n) is 27.0. The quantitative estimate of drug-likeness (QED) is 0.386. The van der Waals surface area contributed by atoms with E-state index < -0.39 is 40.5 Å². The molecule has 0 aromatic heterocycles. The second kappa shape index (κ2) is 13.7. The van der Waals surface area contributed by atoms with Gasteiger partial charge in [0, 0.05) is 19.5 Å². The average Bonchev–Trinajstić information content (AvgIpc) is 2.83. The molecule has 1 aromatic rings. The smallest absolute Gasteiger partial charge is 0.410 e. The molecule has 0 saturated carbocycles. The van der Waals surface area contributed by atoms with Gasteiger partial charge in [-0.2, -0.15) is 0 Å². The molecule has 0 aliphatic rings. The van der Waals surface area contributed by atoms with Gasteiger partial charge in [-0.15, -0.1) is 0 Å². The van der Waals surface area contributed by atoms with Gasteiger partial charge in [0.25, 0.3) is 0 Å². The number of likely N-dealkylation sites (N-methyl/N-ethyl adjacent to an activating group) is 2. The Balaban J connectivity index is 3.57. The fraction of sp³-hybridized carbons (Fsp3) is 0.656. The molecule has 3 atom stereocenters. The van der Waals surface area contributed by atoms with E-state index in [-0.39, 0.29) is 24.5 Å². The minimum Gasteiger partial charge on any atom is -0.444 e. The number of nitrogens with zero attached hydrogens (tertiary/aromatic N) is 2. The number of amides is 3. The number of nitrogens with one attached hydrogen (secondary N) is 1. The number of hydrogen-bond donors (Lipinski definition) is 2. The Hall–Kier alpha value is -2.87. The molecular weight excluding hydrogens is 506 g/mol. The molecule has 0 bridgehead atoms. The Morgan fingerprint density at radius 2 is 1.48 bits per heavy atom. The maximum Gasteiger partial charge on any atom is 0.410 e. The lowest BCUT2D eigenvalue weighted by Crippen LogP contribution is -2.63. The van der Waals surface area contributed by atoms with Crippen LogP contribution in [0, 0.1) is 11.3 Å². The van der Waals surface area contributed by atoms with Gasteiger partial charge in [-0.3, -0.25) is 14.5 Å². The summed E-state index contributed by atoms with van der Waals surface area (Å²) < 4.78 is 5.63. The van der Waals surface area contributed by atoms with Crippen LogP contribution in [0.2, 0.25) is 0 Å². The molecule has 0 saturated heterocycles. The highest BCUT2D eigenvalue weighted by Crippen LogP contribution is 2.32. The van der Waals surface area contributed by atoms with Crippen LogP contribution in [0.5, 0.6) is 0 Å². The lowest BCUT2D eigenvalue weighted by atomic mass is 9.76. The first-order valence-corrected chi connectivity index (χ1v) is 14.0. The van der Waals surface area contributed by atoms with Gasteiger partial charge < -0.3 is 20.1 Å². The summed E-state index contributed by atoms with van der Waals surface area (Å²) in [4.78, 5) is 44.4. The van der Waals surface area contributed by atoms with Gasteiger partial charge in [0.1, 0.15) is 17.7 Å². The molecule has 2 N–H and O–H groups in total. The lowest BCUT2D eigenvalue weighted by molar-refractivity contribution is -0.141. The summed E-state index contributed by atoms with van der Waals surface area (Å²) in [6.45, 7) is 20.6. The minimum atomic E-state index is -0.981. The Bertz CT molecular complexity index is 1030. The normalized spacial score (nSPS) is 15.2. The predicted molar refractivity (Wildman–Crippen MR) is 161 cm³/mol. The third-order valence-electron chi connectivity index (χ3n) is 7.10. The van der Waals surface area contributed by atoms with E-state index in [0.29, 0.717) is 0 Å². The standard InChI is InChI=1S/C32H53N3O5/c1-21(2)24(19-22(3)20-36)34(12)28(38)25(30(4,5)6)33-27(37)26(35(13)29(39)40-31(7,8)9)32(10,11)23-17-15-14-16-18-23/h14-19,21,24-26,36H,20H2,1-13H3,(H,33,37)/b22-19+. The van der Waals surface area contributed by atoms with Crippen molar-refractivity contribution in [3.8, 4) is 0 Å². The van der Waals surface area contributed by atoms with E-state index in [1.165, 1.54) is 4.90 Å². The summed E-state index contributed by atoms with van der Waals surface area (Å²) >= 11 is 0. The topological polar surface area (TPSA) is 99.2 Å². The molecule has 0 spiro atoms. The summed E-state index contributed by atoms with van der Waals surface area (Å²) in [5, 5.41) is 12.6. The predicted octanol–water partition coefficient (Wildman–Crippen LogP) is 5.15. The molecule has 0 fully saturated rings. The van der Waals surface area contributed by atoms with Crippen molar-refractivity contribution in [3.63, 3.8) is 0 Å². The maximum atomic E-state index is 14.2. The third kappa shape index (κ3) is 9.36. The molecule has 3 unspecified atom stereocenters. The van der Waals surface area contributed by atoms with Gasteiger partial charge in [-0.05, 0) is 44.6 Å². The van der Waals surface area contributed by atoms with Crippen molar-refractivity contribution in [1.82, 2.24) is 15.1 Å². The monoisotopic (exact) mass is 559 g/mol. The highest BCUT2D eigenvalue weighted by molar-refractivity contribution is 5.93. The number of rotatable bonds is 10. The number of benzene rings is 1. The molecule has 8 heteroatoms. The fourth-order valence-electron chi connectivity index (χ4n) is 4.77. The molecule has 40 heavy (non-hydrogen) atoms. The molecule has 0 aliphatic heterocycles. The Morgan fingerprint density at radius 3 is 1.90 bits per heavy atom. The molecule has 0 aliphatic carbocycles. The number of carbonyl (C=O) groups excluding carboxylic acids is 3. The van der Waals surface area contributed by atoms with Crippen LogP contribution in [0.4, 0.5) is 4.79 Å². The van der Waals surface area contributed by atoms with Gasteiger partial charge in [-0.25, -0.2) is 4.79 Å². The van der Waals surface area contributed by atoms with E-state index in [1.54, 1.807) is 39.8 Å². The molecule has 1 aromatic carbocycles. The van der Waals surface area contributed by atoms with Gasteiger partial charge in [-0.1, -0.05) is 90.4 Å². The van der Waals surface area contributed by atoms with Gasteiger partial charge in [0.15, 0.2) is 0 Å². The van der Waals surface area contributed by atoms with Crippen molar-refractivity contribution in [2.24, 2.45) is 11.3 Å². The van der Waals surface area contributed by atoms with Crippen LogP contribution in [0.25, 0.3) is 0 Å². The zero-order chi connectivity index (χ0) is 31.2. The first kappa shape index (κ1) is 35.2. The summed E-state index contributed by atoms with van der Waals surface area (Å²) in [7, 11) is 3.28. The van der Waals surface area contributed by atoms with Crippen molar-refractivity contribution >= 4 is 17.9 Å². The number of hydrogen-bond acceptors (Lipinski definition) is 5. The summed E-state index contributed by atoms with van der Waals surface area (Å²) in [5.74, 6) is -0.625. The van der Waals surface area contributed by atoms with E-state index in [2.05, 4.69) is 5.32 Å². The molecule has 0 heterocycles. The van der Waals surface area contributed by atoms with E-state index in [4.69, 9.17) is 4.74 Å². The van der Waals surface area contributed by atoms with E-state index in [0.717, 1.165) is 11.1 Å². The SMILES string of the molecule is C/C(=C\C(C(C)C)N(C)C(=O)C(NC(=O)C(N(C)C(=O)OC(C)(C)C)C(C)(C)c1ccccc1)C(C)(C)C)CO. The minimum absolute atomic E-state index is 0.0786. The summed E-state index contributed by atoms with van der Waals surface area (Å²) in [6, 6.07) is 7.39. The molecule has 1 rings (SSSR count). The van der Waals surface area contributed by atoms with Crippen molar-refractivity contribution in [2.75, 3.05) is 20.7 Å². The molecule has 0 radical (unpaired) electrons. The van der Waals surface area contributed by atoms with Crippen LogP contribution in [0.15, 0.2) is 42.0 Å². The zero-order valence-corrected chi connectivity index (χ0v) is 27.0. The molecule has 8 nitrogen and oxygen atoms in total. The lowest BCUT2D eigenvalue weighted by Gasteiger charge is -2.42. The van der Waals surface area contributed by atoms with Crippen LogP contribution in [-0.2, 0) is 19.7 Å². The fourth-order valence-corrected chi connectivity index (χ4v) is 4.77. The summed E-state index contributed by atoms with van der Waals surface area (Å²) in [5.41, 5.74) is -0.578. The number of aliphatic hydroxyl groups excluding tert-OH is 1. The largest absolute Gasteiger partial charge is 0.444 e. The Kier molecular flexibility index (Phi) is 12.0. The van der Waals surface area contributed by atoms with Crippen LogP contribution in [-0.4, -0.2) is 77.2 Å². The first-order valence-electron chi connectivity index (χ1n) is 14.0. The second-order valence-corrected chi connectivity index (χ2v) is 13.7. The van der Waals surface area contributed by atoms with E-state index >= 15 is 0 Å².